The first-order valence-corrected chi connectivity index (χ1v) is 6.71. The summed E-state index contributed by atoms with van der Waals surface area (Å²) < 4.78 is 0. The summed E-state index contributed by atoms with van der Waals surface area (Å²) in [5.74, 6) is 9.42. The van der Waals surface area contributed by atoms with E-state index in [-0.39, 0.29) is 0 Å². The Morgan fingerprint density at radius 2 is 2.00 bits per heavy atom. The number of nitrogens with zero attached hydrogens (tertiary/aromatic N) is 3. The summed E-state index contributed by atoms with van der Waals surface area (Å²) >= 11 is 0. The molecule has 100 valence electrons. The number of hydrazine groups is 1. The molecule has 2 atom stereocenters. The topological polar surface area (TPSA) is 67.1 Å². The Bertz CT molecular complexity index is 374. The molecular weight excluding hydrogens is 226 g/mol. The maximum absolute atomic E-state index is 5.47. The molecule has 0 aromatic carbocycles. The van der Waals surface area contributed by atoms with Crippen LogP contribution in [0, 0.1) is 11.8 Å². The van der Waals surface area contributed by atoms with Crippen LogP contribution in [0.3, 0.4) is 0 Å². The van der Waals surface area contributed by atoms with Crippen LogP contribution in [0.1, 0.15) is 33.0 Å². The van der Waals surface area contributed by atoms with Gasteiger partial charge < -0.3 is 10.3 Å². The lowest BCUT2D eigenvalue weighted by molar-refractivity contribution is 0.355. The first-order valence-electron chi connectivity index (χ1n) is 6.71. The molecule has 3 N–H and O–H groups in total. The lowest BCUT2D eigenvalue weighted by Gasteiger charge is -2.36. The fourth-order valence-electron chi connectivity index (χ4n) is 2.73. The van der Waals surface area contributed by atoms with Gasteiger partial charge in [0, 0.05) is 25.6 Å². The second-order valence-corrected chi connectivity index (χ2v) is 5.38. The van der Waals surface area contributed by atoms with Crippen molar-refractivity contribution in [3.63, 3.8) is 0 Å². The number of nitrogens with two attached hydrogens (primary N) is 1. The Kier molecular flexibility index (Phi) is 4.01. The average Bonchev–Trinajstić information content (AvgIpc) is 2.37. The summed E-state index contributed by atoms with van der Waals surface area (Å²) in [4.78, 5) is 11.3. The minimum Gasteiger partial charge on any atom is -0.356 e. The molecule has 0 spiro atoms. The Labute approximate surface area is 109 Å². The molecule has 1 aromatic heterocycles. The van der Waals surface area contributed by atoms with Crippen LogP contribution >= 0.6 is 0 Å². The largest absolute Gasteiger partial charge is 0.356 e. The van der Waals surface area contributed by atoms with E-state index in [1.54, 1.807) is 0 Å². The van der Waals surface area contributed by atoms with E-state index >= 15 is 0 Å². The molecule has 0 aliphatic carbocycles. The van der Waals surface area contributed by atoms with Gasteiger partial charge in [0.2, 0.25) is 0 Å². The van der Waals surface area contributed by atoms with Gasteiger partial charge in [-0.3, -0.25) is 0 Å². The van der Waals surface area contributed by atoms with Crippen LogP contribution in [-0.2, 0) is 6.42 Å². The molecule has 0 bridgehead atoms. The molecule has 1 aliphatic heterocycles. The number of aromatic nitrogens is 2. The molecule has 18 heavy (non-hydrogen) atoms. The standard InChI is InChI=1S/C13H23N5/c1-4-11-15-12(17-14)6-13(16-11)18-7-9(2)5-10(3)8-18/h6,9-10H,4-5,7-8,14H2,1-3H3,(H,15,16,17). The van der Waals surface area contributed by atoms with Crippen molar-refractivity contribution in [2.24, 2.45) is 17.7 Å². The number of anilines is 2. The molecule has 2 heterocycles. The van der Waals surface area contributed by atoms with Gasteiger partial charge in [-0.2, -0.15) is 0 Å². The van der Waals surface area contributed by atoms with E-state index < -0.39 is 0 Å². The summed E-state index contributed by atoms with van der Waals surface area (Å²) in [6, 6.07) is 1.93. The minimum absolute atomic E-state index is 0.697. The van der Waals surface area contributed by atoms with Gasteiger partial charge in [0.25, 0.3) is 0 Å². The van der Waals surface area contributed by atoms with E-state index in [0.717, 1.165) is 31.2 Å². The highest BCUT2D eigenvalue weighted by atomic mass is 15.3. The molecule has 2 rings (SSSR count). The first kappa shape index (κ1) is 13.1. The molecule has 0 radical (unpaired) electrons. The number of rotatable bonds is 3. The summed E-state index contributed by atoms with van der Waals surface area (Å²) in [6.07, 6.45) is 2.12. The van der Waals surface area contributed by atoms with Crippen LogP contribution in [0.4, 0.5) is 11.6 Å². The van der Waals surface area contributed by atoms with Crippen LogP contribution in [0.2, 0.25) is 0 Å². The van der Waals surface area contributed by atoms with Crippen LogP contribution in [0.5, 0.6) is 0 Å². The van der Waals surface area contributed by atoms with E-state index in [0.29, 0.717) is 17.7 Å². The number of nitrogens with one attached hydrogen (secondary N) is 1. The van der Waals surface area contributed by atoms with Gasteiger partial charge in [-0.1, -0.05) is 20.8 Å². The number of aryl methyl sites for hydroxylation is 1. The SMILES string of the molecule is CCc1nc(NN)cc(N2CC(C)CC(C)C2)n1. The highest BCUT2D eigenvalue weighted by molar-refractivity contribution is 5.49. The number of hydrogen-bond donors (Lipinski definition) is 2. The summed E-state index contributed by atoms with van der Waals surface area (Å²) in [5, 5.41) is 0. The molecule has 2 unspecified atom stereocenters. The number of piperidine rings is 1. The average molecular weight is 249 g/mol. The molecule has 1 aliphatic rings. The van der Waals surface area contributed by atoms with Gasteiger partial charge in [0.15, 0.2) is 0 Å². The second-order valence-electron chi connectivity index (χ2n) is 5.38. The van der Waals surface area contributed by atoms with Crippen molar-refractivity contribution in [3.05, 3.63) is 11.9 Å². The number of nitrogen functional groups attached to an aromatic ring is 1. The van der Waals surface area contributed by atoms with Crippen molar-refractivity contribution in [2.45, 2.75) is 33.6 Å². The third-order valence-corrected chi connectivity index (χ3v) is 3.42. The van der Waals surface area contributed by atoms with E-state index in [1.807, 2.05) is 6.07 Å². The maximum atomic E-state index is 5.47. The predicted octanol–water partition coefficient (Wildman–Crippen LogP) is 1.81. The minimum atomic E-state index is 0.697. The highest BCUT2D eigenvalue weighted by Crippen LogP contribution is 2.26. The van der Waals surface area contributed by atoms with Crippen molar-refractivity contribution >= 4 is 11.6 Å². The third-order valence-electron chi connectivity index (χ3n) is 3.42. The summed E-state index contributed by atoms with van der Waals surface area (Å²) in [6.45, 7) is 8.78. The van der Waals surface area contributed by atoms with Crippen molar-refractivity contribution < 1.29 is 0 Å². The zero-order valence-corrected chi connectivity index (χ0v) is 11.5. The lowest BCUT2D eigenvalue weighted by atomic mass is 9.92. The van der Waals surface area contributed by atoms with Gasteiger partial charge in [0.1, 0.15) is 17.5 Å². The highest BCUT2D eigenvalue weighted by Gasteiger charge is 2.23. The summed E-state index contributed by atoms with van der Waals surface area (Å²) in [5.41, 5.74) is 2.63. The van der Waals surface area contributed by atoms with E-state index in [2.05, 4.69) is 41.1 Å². The van der Waals surface area contributed by atoms with Crippen LogP contribution < -0.4 is 16.2 Å². The predicted molar refractivity (Wildman–Crippen MR) is 74.4 cm³/mol. The zero-order chi connectivity index (χ0) is 13.1. The quantitative estimate of drug-likeness (QED) is 0.631. The van der Waals surface area contributed by atoms with Crippen LogP contribution in [-0.4, -0.2) is 23.1 Å². The van der Waals surface area contributed by atoms with Gasteiger partial charge >= 0.3 is 0 Å². The zero-order valence-electron chi connectivity index (χ0n) is 11.5. The molecule has 0 amide bonds. The van der Waals surface area contributed by atoms with Gasteiger partial charge in [-0.25, -0.2) is 15.8 Å². The van der Waals surface area contributed by atoms with Crippen molar-refractivity contribution in [2.75, 3.05) is 23.4 Å². The molecule has 1 fully saturated rings. The lowest BCUT2D eigenvalue weighted by Crippen LogP contribution is -2.39. The van der Waals surface area contributed by atoms with Crippen LogP contribution in [0.15, 0.2) is 6.07 Å². The smallest absolute Gasteiger partial charge is 0.145 e. The Balaban J connectivity index is 2.25. The van der Waals surface area contributed by atoms with E-state index in [1.165, 1.54) is 6.42 Å². The Morgan fingerprint density at radius 1 is 1.33 bits per heavy atom. The Morgan fingerprint density at radius 3 is 2.56 bits per heavy atom. The van der Waals surface area contributed by atoms with Gasteiger partial charge in [-0.15, -0.1) is 0 Å². The first-order chi connectivity index (χ1) is 8.62. The molecule has 1 aromatic rings. The maximum Gasteiger partial charge on any atom is 0.145 e. The van der Waals surface area contributed by atoms with Crippen molar-refractivity contribution in [1.82, 2.24) is 9.97 Å². The van der Waals surface area contributed by atoms with Crippen molar-refractivity contribution in [1.29, 1.82) is 0 Å². The van der Waals surface area contributed by atoms with E-state index in [9.17, 15) is 0 Å². The van der Waals surface area contributed by atoms with Crippen LogP contribution in [0.25, 0.3) is 0 Å². The molecule has 0 saturated carbocycles. The fraction of sp³-hybridized carbons (Fsp3) is 0.692. The molecule has 5 nitrogen and oxygen atoms in total. The molecule has 5 heteroatoms. The van der Waals surface area contributed by atoms with E-state index in [4.69, 9.17) is 5.84 Å². The number of hydrogen-bond acceptors (Lipinski definition) is 5. The monoisotopic (exact) mass is 249 g/mol. The van der Waals surface area contributed by atoms with Gasteiger partial charge in [0.05, 0.1) is 0 Å². The second kappa shape index (κ2) is 5.52. The normalized spacial score (nSPS) is 24.1. The van der Waals surface area contributed by atoms with Crippen molar-refractivity contribution in [3.8, 4) is 0 Å². The molecular formula is C13H23N5. The molecule has 1 saturated heterocycles. The Hall–Kier alpha value is -1.36. The third kappa shape index (κ3) is 2.90. The fourth-order valence-corrected chi connectivity index (χ4v) is 2.73. The summed E-state index contributed by atoms with van der Waals surface area (Å²) in [7, 11) is 0. The van der Waals surface area contributed by atoms with Gasteiger partial charge in [-0.05, 0) is 18.3 Å².